The average Bonchev–Trinajstić information content (AvgIpc) is 3.37. The Morgan fingerprint density at radius 1 is 1.46 bits per heavy atom. The van der Waals surface area contributed by atoms with Crippen LogP contribution in [-0.2, 0) is 0 Å². The van der Waals surface area contributed by atoms with Gasteiger partial charge in [-0.25, -0.2) is 9.78 Å². The van der Waals surface area contributed by atoms with Crippen molar-refractivity contribution < 1.29 is 19.4 Å². The van der Waals surface area contributed by atoms with Crippen LogP contribution in [0.5, 0.6) is 5.88 Å². The van der Waals surface area contributed by atoms with E-state index in [9.17, 15) is 9.59 Å². The van der Waals surface area contributed by atoms with Crippen LogP contribution in [0.25, 0.3) is 0 Å². The minimum atomic E-state index is -1.04. The number of hydrogen-bond acceptors (Lipinski definition) is 5. The fraction of sp³-hybridized carbons (Fsp3) is 0.611. The molecular formula is C18H26N4O4. The molecule has 2 atom stereocenters. The molecule has 142 valence electrons. The van der Waals surface area contributed by atoms with Crippen molar-refractivity contribution in [2.45, 2.75) is 44.7 Å². The van der Waals surface area contributed by atoms with E-state index in [1.165, 1.54) is 13.3 Å². The summed E-state index contributed by atoms with van der Waals surface area (Å²) in [6, 6.07) is 1.87. The molecule has 1 saturated carbocycles. The monoisotopic (exact) mass is 362 g/mol. The number of amides is 2. The minimum Gasteiger partial charge on any atom is -0.481 e. The van der Waals surface area contributed by atoms with Crippen molar-refractivity contribution in [1.82, 2.24) is 15.6 Å². The van der Waals surface area contributed by atoms with Crippen molar-refractivity contribution in [3.63, 3.8) is 0 Å². The molecule has 8 heteroatoms. The molecule has 3 N–H and O–H groups in total. The molecule has 2 heterocycles. The van der Waals surface area contributed by atoms with Crippen molar-refractivity contribution >= 4 is 17.7 Å². The van der Waals surface area contributed by atoms with Crippen LogP contribution in [0, 0.1) is 5.92 Å². The Hall–Kier alpha value is -2.51. The maximum Gasteiger partial charge on any atom is 0.405 e. The van der Waals surface area contributed by atoms with E-state index < -0.39 is 11.6 Å². The Bertz CT molecular complexity index is 706. The molecule has 2 fully saturated rings. The lowest BCUT2D eigenvalue weighted by molar-refractivity contribution is 0.0935. The second kappa shape index (κ2) is 7.01. The van der Waals surface area contributed by atoms with Gasteiger partial charge in [0.1, 0.15) is 0 Å². The third-order valence-corrected chi connectivity index (χ3v) is 5.22. The highest BCUT2D eigenvalue weighted by molar-refractivity contribution is 6.00. The summed E-state index contributed by atoms with van der Waals surface area (Å²) >= 11 is 0. The van der Waals surface area contributed by atoms with Crippen LogP contribution in [-0.4, -0.2) is 53.9 Å². The molecule has 1 aromatic heterocycles. The maximum atomic E-state index is 12.8. The SMILES string of the molecule is COc1cc(N2CC[C@](C)(NC(=O)O)C2)c(C(=O)NC(C)C2CC2)cn1. The molecule has 1 saturated heterocycles. The van der Waals surface area contributed by atoms with Gasteiger partial charge in [-0.3, -0.25) is 4.79 Å². The number of nitrogens with zero attached hydrogens (tertiary/aromatic N) is 2. The molecule has 2 aliphatic rings. The van der Waals surface area contributed by atoms with E-state index in [1.54, 1.807) is 6.07 Å². The standard InChI is InChI=1S/C18H26N4O4/c1-11(12-4-5-12)20-16(23)13-9-19-15(26-3)8-14(13)22-7-6-18(2,10-22)21-17(24)25/h8-9,11-12,21H,4-7,10H2,1-3H3,(H,20,23)(H,24,25)/t11?,18-/m0/s1. The largest absolute Gasteiger partial charge is 0.481 e. The van der Waals surface area contributed by atoms with E-state index in [1.807, 2.05) is 18.7 Å². The van der Waals surface area contributed by atoms with Gasteiger partial charge in [0.15, 0.2) is 0 Å². The lowest BCUT2D eigenvalue weighted by atomic mass is 10.0. The molecule has 0 bridgehead atoms. The predicted molar refractivity (Wildman–Crippen MR) is 96.8 cm³/mol. The average molecular weight is 362 g/mol. The zero-order valence-corrected chi connectivity index (χ0v) is 15.4. The Morgan fingerprint density at radius 2 is 2.19 bits per heavy atom. The third kappa shape index (κ3) is 4.00. The second-order valence-electron chi connectivity index (χ2n) is 7.51. The molecule has 1 aromatic rings. The summed E-state index contributed by atoms with van der Waals surface area (Å²) in [7, 11) is 1.53. The topological polar surface area (TPSA) is 104 Å². The van der Waals surface area contributed by atoms with E-state index in [0.717, 1.165) is 12.8 Å². The molecule has 0 aromatic carbocycles. The number of carbonyl (C=O) groups excluding carboxylic acids is 1. The van der Waals surface area contributed by atoms with Crippen LogP contribution in [0.15, 0.2) is 12.3 Å². The number of aromatic nitrogens is 1. The molecule has 3 rings (SSSR count). The van der Waals surface area contributed by atoms with Crippen molar-refractivity contribution in [3.05, 3.63) is 17.8 Å². The summed E-state index contributed by atoms with van der Waals surface area (Å²) in [5.41, 5.74) is 0.642. The maximum absolute atomic E-state index is 12.8. The van der Waals surface area contributed by atoms with Gasteiger partial charge in [-0.2, -0.15) is 0 Å². The summed E-state index contributed by atoms with van der Waals surface area (Å²) in [6.45, 7) is 5.01. The highest BCUT2D eigenvalue weighted by Crippen LogP contribution is 2.34. The van der Waals surface area contributed by atoms with Crippen molar-refractivity contribution in [2.24, 2.45) is 5.92 Å². The third-order valence-electron chi connectivity index (χ3n) is 5.22. The van der Waals surface area contributed by atoms with E-state index in [2.05, 4.69) is 15.6 Å². The highest BCUT2D eigenvalue weighted by Gasteiger charge is 2.37. The van der Waals surface area contributed by atoms with Gasteiger partial charge in [-0.05, 0) is 39.0 Å². The Kier molecular flexibility index (Phi) is 4.93. The number of carboxylic acid groups (broad SMARTS) is 1. The zero-order valence-electron chi connectivity index (χ0n) is 15.4. The number of methoxy groups -OCH3 is 1. The first-order valence-electron chi connectivity index (χ1n) is 8.92. The lowest BCUT2D eigenvalue weighted by Gasteiger charge is -2.27. The van der Waals surface area contributed by atoms with Gasteiger partial charge < -0.3 is 25.4 Å². The van der Waals surface area contributed by atoms with Crippen molar-refractivity contribution in [3.8, 4) is 5.88 Å². The quantitative estimate of drug-likeness (QED) is 0.714. The van der Waals surface area contributed by atoms with Gasteiger partial charge in [0.25, 0.3) is 5.91 Å². The first kappa shape index (κ1) is 18.3. The number of anilines is 1. The number of rotatable bonds is 6. The van der Waals surface area contributed by atoms with Gasteiger partial charge in [-0.1, -0.05) is 0 Å². The summed E-state index contributed by atoms with van der Waals surface area (Å²) in [6.07, 6.45) is 3.45. The smallest absolute Gasteiger partial charge is 0.405 e. The van der Waals surface area contributed by atoms with Gasteiger partial charge in [-0.15, -0.1) is 0 Å². The Morgan fingerprint density at radius 3 is 2.81 bits per heavy atom. The summed E-state index contributed by atoms with van der Waals surface area (Å²) in [5, 5.41) is 14.7. The second-order valence-corrected chi connectivity index (χ2v) is 7.51. The number of hydrogen-bond donors (Lipinski definition) is 3. The van der Waals surface area contributed by atoms with Crippen LogP contribution in [0.2, 0.25) is 0 Å². The first-order chi connectivity index (χ1) is 12.3. The molecule has 1 aliphatic carbocycles. The number of nitrogens with one attached hydrogen (secondary N) is 2. The Balaban J connectivity index is 1.82. The van der Waals surface area contributed by atoms with Crippen LogP contribution in [0.4, 0.5) is 10.5 Å². The lowest BCUT2D eigenvalue weighted by Crippen LogP contribution is -2.47. The Labute approximate surface area is 152 Å². The molecule has 8 nitrogen and oxygen atoms in total. The molecule has 0 spiro atoms. The molecule has 26 heavy (non-hydrogen) atoms. The fourth-order valence-corrected chi connectivity index (χ4v) is 3.50. The van der Waals surface area contributed by atoms with E-state index in [0.29, 0.717) is 42.6 Å². The van der Waals surface area contributed by atoms with Gasteiger partial charge in [0.2, 0.25) is 5.88 Å². The van der Waals surface area contributed by atoms with Crippen molar-refractivity contribution in [1.29, 1.82) is 0 Å². The van der Waals surface area contributed by atoms with E-state index in [4.69, 9.17) is 9.84 Å². The van der Waals surface area contributed by atoms with E-state index >= 15 is 0 Å². The number of carbonyl (C=O) groups is 2. The normalized spacial score (nSPS) is 23.4. The number of ether oxygens (including phenoxy) is 1. The minimum absolute atomic E-state index is 0.134. The molecule has 1 unspecified atom stereocenters. The fourth-order valence-electron chi connectivity index (χ4n) is 3.50. The van der Waals surface area contributed by atoms with Gasteiger partial charge in [0.05, 0.1) is 23.9 Å². The summed E-state index contributed by atoms with van der Waals surface area (Å²) < 4.78 is 5.22. The highest BCUT2D eigenvalue weighted by atomic mass is 16.5. The van der Waals surface area contributed by atoms with Gasteiger partial charge >= 0.3 is 6.09 Å². The van der Waals surface area contributed by atoms with Crippen LogP contribution >= 0.6 is 0 Å². The predicted octanol–water partition coefficient (Wildman–Crippen LogP) is 1.85. The molecular weight excluding hydrogens is 336 g/mol. The summed E-state index contributed by atoms with van der Waals surface area (Å²) in [5.74, 6) is 0.824. The van der Waals surface area contributed by atoms with Crippen molar-refractivity contribution in [2.75, 3.05) is 25.1 Å². The zero-order chi connectivity index (χ0) is 18.9. The van der Waals surface area contributed by atoms with Crippen LogP contribution in [0.1, 0.15) is 43.5 Å². The number of pyridine rings is 1. The first-order valence-corrected chi connectivity index (χ1v) is 8.92. The van der Waals surface area contributed by atoms with Gasteiger partial charge in [0, 0.05) is 31.4 Å². The summed E-state index contributed by atoms with van der Waals surface area (Å²) in [4.78, 5) is 30.0. The van der Waals surface area contributed by atoms with Crippen LogP contribution in [0.3, 0.4) is 0 Å². The molecule has 2 amide bonds. The molecule has 1 aliphatic heterocycles. The van der Waals surface area contributed by atoms with Crippen LogP contribution < -0.4 is 20.3 Å². The van der Waals surface area contributed by atoms with E-state index in [-0.39, 0.29) is 11.9 Å². The molecule has 0 radical (unpaired) electrons.